The number of hydrogen-bond acceptors (Lipinski definition) is 4. The molecule has 0 fully saturated rings. The molecule has 0 amide bonds. The van der Waals surface area contributed by atoms with Crippen molar-refractivity contribution in [2.75, 3.05) is 0 Å². The molecule has 8 heteroatoms. The molecule has 0 heterocycles. The molecule has 0 N–H and O–H groups in total. The molecule has 0 saturated heterocycles. The van der Waals surface area contributed by atoms with Gasteiger partial charge in [-0.15, -0.1) is 0 Å². The first kappa shape index (κ1) is 72.4. The quantitative estimate of drug-likeness (QED) is 0.0345. The Balaban J connectivity index is -0.000000385. The van der Waals surface area contributed by atoms with E-state index >= 15 is 0 Å². The first-order chi connectivity index (χ1) is 30.2. The molecule has 0 atom stereocenters. The molecule has 0 aromatic heterocycles. The maximum atomic E-state index is 8.55. The Morgan fingerprint density at radius 3 is 0.387 bits per heavy atom. The third-order valence-electron chi connectivity index (χ3n) is 12.3. The Hall–Kier alpha value is 3.89. The van der Waals surface area contributed by atoms with E-state index in [1.54, 1.807) is 0 Å². The normalized spacial score (nSPS) is 11.2. The Morgan fingerprint density at radius 2 is 0.306 bits per heavy atom. The smallest absolute Gasteiger partial charge is 0.159 e. The summed E-state index contributed by atoms with van der Waals surface area (Å²) < 4.78 is 13.0. The summed E-state index contributed by atoms with van der Waals surface area (Å²) in [5.41, 5.74) is 0. The number of unbranched alkanes of at least 4 members (excludes halogenated alkanes) is 45. The largest absolute Gasteiger partial charge is 0.822 e. The van der Waals surface area contributed by atoms with Crippen molar-refractivity contribution in [3.63, 3.8) is 0 Å². The molecular weight excluding hydrogens is 864 g/mol. The zero-order valence-electron chi connectivity index (χ0n) is 43.3. The van der Waals surface area contributed by atoms with Crippen molar-refractivity contribution in [2.45, 2.75) is 337 Å². The predicted molar refractivity (Wildman–Crippen MR) is 278 cm³/mol. The Kier molecular flexibility index (Phi) is 83.5. The summed E-state index contributed by atoms with van der Waals surface area (Å²) in [6, 6.07) is 0. The van der Waals surface area contributed by atoms with Crippen LogP contribution in [0, 0.1) is 0 Å². The number of phosphoric acid groups is 1. The zero-order chi connectivity index (χ0) is 46.6. The van der Waals surface area contributed by atoms with E-state index in [-0.39, 0.29) is 0 Å². The van der Waals surface area contributed by atoms with Crippen molar-refractivity contribution in [1.29, 1.82) is 0 Å². The van der Waals surface area contributed by atoms with Gasteiger partial charge in [-0.3, -0.25) is 0 Å². The molecule has 0 aliphatic rings. The molecule has 0 aliphatic heterocycles. The van der Waals surface area contributed by atoms with Crippen LogP contribution in [0.4, 0.5) is 0 Å². The van der Waals surface area contributed by atoms with E-state index in [0.29, 0.717) is 0 Å². The molecular formula is C54H111Ca3O4P. The van der Waals surface area contributed by atoms with Gasteiger partial charge in [0.25, 0.3) is 0 Å². The van der Waals surface area contributed by atoms with Gasteiger partial charge in [0.05, 0.1) is 0 Å². The summed E-state index contributed by atoms with van der Waals surface area (Å²) in [7, 11) is -5.39. The molecule has 0 aromatic rings. The van der Waals surface area contributed by atoms with Gasteiger partial charge >= 0.3 is 327 Å². The summed E-state index contributed by atoms with van der Waals surface area (Å²) in [5, 5.41) is 0. The zero-order valence-corrected chi connectivity index (χ0v) is 50.8. The van der Waals surface area contributed by atoms with Crippen molar-refractivity contribution in [3.8, 4) is 0 Å². The van der Waals surface area contributed by atoms with Crippen molar-refractivity contribution < 1.29 is 19.2 Å². The van der Waals surface area contributed by atoms with Crippen molar-refractivity contribution in [3.05, 3.63) is 0 Å². The molecule has 0 spiro atoms. The molecule has 62 heavy (non-hydrogen) atoms. The third-order valence-corrected chi connectivity index (χ3v) is 14.7. The SMILES string of the molecule is CCCCCCCCCCCCCCCCC[CH2][Ca+].CCCCCCCCCCCCCCCCC[CH2][Ca+].CCCCCCCCCCCCCCCCC[CH2][Ca+].O=P([O-])([O-])[O-]. The molecule has 0 aromatic carbocycles. The Bertz CT molecular complexity index is 620. The molecule has 0 bridgehead atoms. The fourth-order valence-electron chi connectivity index (χ4n) is 8.17. The summed E-state index contributed by atoms with van der Waals surface area (Å²) in [6.07, 6.45) is 71.1. The van der Waals surface area contributed by atoms with Gasteiger partial charge in [-0.2, -0.15) is 7.82 Å². The molecule has 4 nitrogen and oxygen atoms in total. The summed E-state index contributed by atoms with van der Waals surface area (Å²) in [4.78, 5) is 25.6. The van der Waals surface area contributed by atoms with E-state index in [4.69, 9.17) is 19.2 Å². The van der Waals surface area contributed by atoms with Gasteiger partial charge in [0.15, 0.2) is 0 Å². The van der Waals surface area contributed by atoms with E-state index in [0.717, 1.165) is 0 Å². The van der Waals surface area contributed by atoms with Crippen molar-refractivity contribution in [1.82, 2.24) is 0 Å². The topological polar surface area (TPSA) is 86.2 Å². The van der Waals surface area contributed by atoms with Crippen LogP contribution in [0.15, 0.2) is 0 Å². The van der Waals surface area contributed by atoms with E-state index in [1.165, 1.54) is 423 Å². The fourth-order valence-corrected chi connectivity index (χ4v) is 9.83. The van der Waals surface area contributed by atoms with Gasteiger partial charge in [-0.05, 0) is 0 Å². The first-order valence-corrected chi connectivity index (χ1v) is 34.5. The van der Waals surface area contributed by atoms with E-state index in [9.17, 15) is 0 Å². The van der Waals surface area contributed by atoms with Crippen LogP contribution in [0.3, 0.4) is 0 Å². The van der Waals surface area contributed by atoms with Crippen LogP contribution in [0.1, 0.15) is 329 Å². The Morgan fingerprint density at radius 1 is 0.226 bits per heavy atom. The van der Waals surface area contributed by atoms with E-state index < -0.39 is 7.82 Å². The van der Waals surface area contributed by atoms with Crippen LogP contribution in [0.2, 0.25) is 7.55 Å². The minimum absolute atomic E-state index is 1.38. The van der Waals surface area contributed by atoms with Gasteiger partial charge in [0.2, 0.25) is 0 Å². The standard InChI is InChI=1S/3C18H37.3Ca.H3O4P/c3*1-3-5-7-9-11-13-15-17-18-16-14-12-10-8-6-4-2;;;;1-5(2,3)4/h3*1,3-18H2,2H3;;;;(H3,1,2,3,4)/q;;;3*+1;/p-3. The summed E-state index contributed by atoms with van der Waals surface area (Å²) >= 11 is 4.50. The summed E-state index contributed by atoms with van der Waals surface area (Å²) in [5.74, 6) is 0. The van der Waals surface area contributed by atoms with Crippen LogP contribution >= 0.6 is 7.82 Å². The molecule has 0 radical (unpaired) electrons. The van der Waals surface area contributed by atoms with Crippen LogP contribution in [0.5, 0.6) is 0 Å². The van der Waals surface area contributed by atoms with Gasteiger partial charge in [-0.1, -0.05) is 117 Å². The van der Waals surface area contributed by atoms with Gasteiger partial charge < -0.3 is 19.2 Å². The van der Waals surface area contributed by atoms with E-state index in [1.807, 2.05) is 0 Å². The van der Waals surface area contributed by atoms with Crippen LogP contribution in [-0.2, 0) is 4.57 Å². The monoisotopic (exact) mass is 975 g/mol. The van der Waals surface area contributed by atoms with Crippen LogP contribution in [-0.4, -0.2) is 107 Å². The van der Waals surface area contributed by atoms with Crippen molar-refractivity contribution >= 4 is 115 Å². The second-order valence-electron chi connectivity index (χ2n) is 18.9. The first-order valence-electron chi connectivity index (χ1n) is 28.4. The fraction of sp³-hybridized carbons (Fsp3) is 1.00. The second-order valence-corrected chi connectivity index (χ2v) is 23.1. The van der Waals surface area contributed by atoms with Crippen molar-refractivity contribution in [2.24, 2.45) is 0 Å². The molecule has 0 rings (SSSR count). The maximum Gasteiger partial charge on any atom is -0.159 e. The minimum atomic E-state index is -5.39. The van der Waals surface area contributed by atoms with Gasteiger partial charge in [-0.25, -0.2) is 0 Å². The Labute approximate surface area is 464 Å². The maximum absolute atomic E-state index is 8.55. The second kappa shape index (κ2) is 71.4. The third kappa shape index (κ3) is 93.8. The number of hydrogen-bond donors (Lipinski definition) is 0. The predicted octanol–water partition coefficient (Wildman–Crippen LogP) is 17.7. The average Bonchev–Trinajstić information content (AvgIpc) is 3.25. The van der Waals surface area contributed by atoms with Crippen LogP contribution < -0.4 is 14.7 Å². The number of rotatable bonds is 48. The molecule has 0 unspecified atom stereocenters. The minimum Gasteiger partial charge on any atom is -0.822 e. The molecule has 0 saturated carbocycles. The molecule has 362 valence electrons. The van der Waals surface area contributed by atoms with Gasteiger partial charge in [0, 0.05) is 0 Å². The van der Waals surface area contributed by atoms with Crippen LogP contribution in [0.25, 0.3) is 0 Å². The van der Waals surface area contributed by atoms with Gasteiger partial charge in [0.1, 0.15) is 0 Å². The molecule has 0 aliphatic carbocycles. The average molecular weight is 976 g/mol. The summed E-state index contributed by atoms with van der Waals surface area (Å²) in [6.45, 7) is 6.89. The van der Waals surface area contributed by atoms with E-state index in [2.05, 4.69) is 20.8 Å².